The molecule has 0 nitrogen and oxygen atoms in total. The smallest absolute Gasteiger partial charge is 0.0772 e. The van der Waals surface area contributed by atoms with Gasteiger partial charge < -0.3 is 0 Å². The Labute approximate surface area is 88.1 Å². The SMILES string of the molecule is C[Si](C)(C)C1=CC2C(=C1)C1CCC2C1. The van der Waals surface area contributed by atoms with E-state index >= 15 is 0 Å². The molecular weight excluding hydrogens is 184 g/mol. The first-order valence-corrected chi connectivity index (χ1v) is 9.49. The summed E-state index contributed by atoms with van der Waals surface area (Å²) in [6.07, 6.45) is 9.71. The van der Waals surface area contributed by atoms with Crippen molar-refractivity contribution in [2.24, 2.45) is 17.8 Å². The average molecular weight is 204 g/mol. The molecule has 2 saturated carbocycles. The molecule has 2 bridgehead atoms. The maximum absolute atomic E-state index is 2.63. The van der Waals surface area contributed by atoms with Crippen LogP contribution in [0.25, 0.3) is 0 Å². The lowest BCUT2D eigenvalue weighted by Gasteiger charge is -2.18. The minimum absolute atomic E-state index is 0.885. The molecule has 3 rings (SSSR count). The van der Waals surface area contributed by atoms with Crippen LogP contribution in [-0.4, -0.2) is 8.07 Å². The number of rotatable bonds is 1. The summed E-state index contributed by atoms with van der Waals surface area (Å²) in [4.78, 5) is 0. The van der Waals surface area contributed by atoms with E-state index in [2.05, 4.69) is 31.8 Å². The summed E-state index contributed by atoms with van der Waals surface area (Å²) in [5.41, 5.74) is 1.82. The van der Waals surface area contributed by atoms with Crippen molar-refractivity contribution in [1.82, 2.24) is 0 Å². The van der Waals surface area contributed by atoms with Gasteiger partial charge in [-0.25, -0.2) is 0 Å². The van der Waals surface area contributed by atoms with E-state index in [-0.39, 0.29) is 0 Å². The first-order chi connectivity index (χ1) is 6.55. The van der Waals surface area contributed by atoms with Gasteiger partial charge in [0.2, 0.25) is 0 Å². The van der Waals surface area contributed by atoms with Crippen molar-refractivity contribution < 1.29 is 0 Å². The minimum Gasteiger partial charge on any atom is -0.0778 e. The summed E-state index contributed by atoms with van der Waals surface area (Å²) in [5.74, 6) is 2.89. The van der Waals surface area contributed by atoms with Gasteiger partial charge in [-0.1, -0.05) is 42.6 Å². The van der Waals surface area contributed by atoms with Crippen molar-refractivity contribution >= 4 is 8.07 Å². The molecule has 0 heterocycles. The van der Waals surface area contributed by atoms with Crippen molar-refractivity contribution in [1.29, 1.82) is 0 Å². The molecule has 3 aliphatic carbocycles. The van der Waals surface area contributed by atoms with E-state index in [1.165, 1.54) is 19.3 Å². The molecule has 0 amide bonds. The zero-order chi connectivity index (χ0) is 9.92. The summed E-state index contributed by atoms with van der Waals surface area (Å²) in [6.45, 7) is 7.41. The van der Waals surface area contributed by atoms with Gasteiger partial charge in [-0.05, 0) is 31.1 Å². The molecule has 3 atom stereocenters. The van der Waals surface area contributed by atoms with Crippen LogP contribution < -0.4 is 0 Å². The van der Waals surface area contributed by atoms with Gasteiger partial charge in [0.15, 0.2) is 0 Å². The summed E-state index contributed by atoms with van der Waals surface area (Å²) in [5, 5.41) is 1.73. The van der Waals surface area contributed by atoms with Gasteiger partial charge >= 0.3 is 0 Å². The van der Waals surface area contributed by atoms with Gasteiger partial charge in [0, 0.05) is 5.92 Å². The van der Waals surface area contributed by atoms with Crippen molar-refractivity contribution in [3.8, 4) is 0 Å². The fourth-order valence-electron chi connectivity index (χ4n) is 3.52. The fourth-order valence-corrected chi connectivity index (χ4v) is 4.80. The number of hydrogen-bond donors (Lipinski definition) is 0. The zero-order valence-electron chi connectivity index (χ0n) is 9.51. The Morgan fingerprint density at radius 3 is 2.64 bits per heavy atom. The monoisotopic (exact) mass is 204 g/mol. The van der Waals surface area contributed by atoms with E-state index in [0.29, 0.717) is 0 Å². The lowest BCUT2D eigenvalue weighted by molar-refractivity contribution is 0.476. The van der Waals surface area contributed by atoms with Gasteiger partial charge in [-0.15, -0.1) is 0 Å². The maximum atomic E-state index is 2.63. The highest BCUT2D eigenvalue weighted by molar-refractivity contribution is 6.83. The first kappa shape index (κ1) is 8.96. The van der Waals surface area contributed by atoms with Crippen LogP contribution in [0.2, 0.25) is 19.6 Å². The highest BCUT2D eigenvalue weighted by Crippen LogP contribution is 2.55. The lowest BCUT2D eigenvalue weighted by Crippen LogP contribution is -2.22. The largest absolute Gasteiger partial charge is 0.0778 e. The van der Waals surface area contributed by atoms with Crippen molar-refractivity contribution in [3.05, 3.63) is 22.9 Å². The predicted molar refractivity (Wildman–Crippen MR) is 63.8 cm³/mol. The Morgan fingerprint density at radius 1 is 1.21 bits per heavy atom. The Balaban J connectivity index is 1.95. The molecule has 0 spiro atoms. The molecule has 14 heavy (non-hydrogen) atoms. The third-order valence-corrected chi connectivity index (χ3v) is 6.43. The average Bonchev–Trinajstić information content (AvgIpc) is 2.74. The van der Waals surface area contributed by atoms with Crippen LogP contribution >= 0.6 is 0 Å². The molecule has 76 valence electrons. The highest BCUT2D eigenvalue weighted by atomic mass is 28.3. The van der Waals surface area contributed by atoms with Crippen LogP contribution in [0.4, 0.5) is 0 Å². The molecule has 0 aromatic carbocycles. The van der Waals surface area contributed by atoms with Crippen molar-refractivity contribution in [2.45, 2.75) is 38.9 Å². The summed E-state index contributed by atoms with van der Waals surface area (Å²) >= 11 is 0. The maximum Gasteiger partial charge on any atom is 0.0772 e. The molecule has 0 radical (unpaired) electrons. The quantitative estimate of drug-likeness (QED) is 0.570. The van der Waals surface area contributed by atoms with Crippen molar-refractivity contribution in [2.75, 3.05) is 0 Å². The molecule has 0 aromatic heterocycles. The number of fused-ring (bicyclic) bond motifs is 5. The molecule has 0 saturated heterocycles. The third-order valence-electron chi connectivity index (χ3n) is 4.38. The summed E-state index contributed by atoms with van der Waals surface area (Å²) in [7, 11) is -1.04. The molecule has 1 heteroatoms. The van der Waals surface area contributed by atoms with Crippen molar-refractivity contribution in [3.63, 3.8) is 0 Å². The topological polar surface area (TPSA) is 0 Å². The Bertz CT molecular complexity index is 330. The summed E-state index contributed by atoms with van der Waals surface area (Å²) < 4.78 is 0. The van der Waals surface area contributed by atoms with E-state index in [0.717, 1.165) is 17.8 Å². The van der Waals surface area contributed by atoms with E-state index in [4.69, 9.17) is 0 Å². The van der Waals surface area contributed by atoms with Gasteiger partial charge in [0.25, 0.3) is 0 Å². The first-order valence-electron chi connectivity index (χ1n) is 5.99. The van der Waals surface area contributed by atoms with Gasteiger partial charge in [-0.3, -0.25) is 0 Å². The highest BCUT2D eigenvalue weighted by Gasteiger charge is 2.45. The molecule has 3 unspecified atom stereocenters. The van der Waals surface area contributed by atoms with Crippen LogP contribution in [0.15, 0.2) is 22.9 Å². The van der Waals surface area contributed by atoms with Gasteiger partial charge in [0.1, 0.15) is 0 Å². The standard InChI is InChI=1S/C13H20Si/c1-14(2,3)11-7-12-9-4-5-10(6-9)13(12)8-11/h7-10,12H,4-6H2,1-3H3. The third kappa shape index (κ3) is 1.11. The Hall–Kier alpha value is -0.303. The molecule has 0 aliphatic heterocycles. The number of hydrogen-bond acceptors (Lipinski definition) is 0. The van der Waals surface area contributed by atoms with E-state index in [9.17, 15) is 0 Å². The van der Waals surface area contributed by atoms with E-state index < -0.39 is 8.07 Å². The van der Waals surface area contributed by atoms with Gasteiger partial charge in [0.05, 0.1) is 8.07 Å². The fraction of sp³-hybridized carbons (Fsp3) is 0.692. The molecule has 2 fully saturated rings. The van der Waals surface area contributed by atoms with Gasteiger partial charge in [-0.2, -0.15) is 0 Å². The summed E-state index contributed by atoms with van der Waals surface area (Å²) in [6, 6.07) is 0. The second-order valence-corrected chi connectivity index (χ2v) is 11.4. The molecule has 3 aliphatic rings. The zero-order valence-corrected chi connectivity index (χ0v) is 10.5. The second-order valence-electron chi connectivity index (χ2n) is 6.31. The normalized spacial score (nSPS) is 39.8. The molecular formula is C13H20Si. The van der Waals surface area contributed by atoms with E-state index in [1.54, 1.807) is 5.20 Å². The molecule has 0 aromatic rings. The Morgan fingerprint density at radius 2 is 2.00 bits per heavy atom. The van der Waals surface area contributed by atoms with Crippen LogP contribution in [0.1, 0.15) is 19.3 Å². The number of allylic oxidation sites excluding steroid dienone is 4. The minimum atomic E-state index is -1.04. The van der Waals surface area contributed by atoms with Crippen LogP contribution in [0.3, 0.4) is 0 Å². The second kappa shape index (κ2) is 2.63. The van der Waals surface area contributed by atoms with Crippen LogP contribution in [0.5, 0.6) is 0 Å². The Kier molecular flexibility index (Phi) is 1.68. The van der Waals surface area contributed by atoms with Crippen LogP contribution in [0, 0.1) is 17.8 Å². The predicted octanol–water partition coefficient (Wildman–Crippen LogP) is 3.78. The lowest BCUT2D eigenvalue weighted by atomic mass is 9.87. The van der Waals surface area contributed by atoms with E-state index in [1.807, 2.05) is 5.57 Å². The van der Waals surface area contributed by atoms with Crippen LogP contribution in [-0.2, 0) is 0 Å². The molecule has 0 N–H and O–H groups in total.